The summed E-state index contributed by atoms with van der Waals surface area (Å²) in [6.45, 7) is 1.24. The molecule has 0 saturated carbocycles. The first-order valence-electron chi connectivity index (χ1n) is 6.98. The van der Waals surface area contributed by atoms with Gasteiger partial charge in [0.1, 0.15) is 0 Å². The van der Waals surface area contributed by atoms with Gasteiger partial charge in [-0.05, 0) is 18.6 Å². The summed E-state index contributed by atoms with van der Waals surface area (Å²) in [4.78, 5) is 2.12. The third-order valence-electron chi connectivity index (χ3n) is 3.92. The summed E-state index contributed by atoms with van der Waals surface area (Å²) in [5.74, 6) is 0.457. The van der Waals surface area contributed by atoms with Crippen LogP contribution in [0.2, 0.25) is 0 Å². The molecule has 21 heavy (non-hydrogen) atoms. The number of benzene rings is 2. The Hall–Kier alpha value is -2.06. The average Bonchev–Trinajstić information content (AvgIpc) is 2.67. The highest BCUT2D eigenvalue weighted by atomic mass is 32.2. The lowest BCUT2D eigenvalue weighted by Crippen LogP contribution is -2.26. The third kappa shape index (κ3) is 2.72. The van der Waals surface area contributed by atoms with Crippen molar-refractivity contribution in [1.29, 1.82) is 5.26 Å². The molecule has 1 aliphatic heterocycles. The van der Waals surface area contributed by atoms with Crippen LogP contribution in [0.5, 0.6) is 0 Å². The van der Waals surface area contributed by atoms with Gasteiger partial charge in [-0.15, -0.1) is 0 Å². The fraction of sp³-hybridized carbons (Fsp3) is 0.312. The zero-order chi connectivity index (χ0) is 14.9. The van der Waals surface area contributed by atoms with Gasteiger partial charge in [-0.2, -0.15) is 5.26 Å². The molecule has 0 unspecified atom stereocenters. The largest absolute Gasteiger partial charge is 0.370 e. The van der Waals surface area contributed by atoms with Crippen LogP contribution < -0.4 is 4.90 Å². The molecule has 2 aromatic carbocycles. The van der Waals surface area contributed by atoms with E-state index in [-0.39, 0.29) is 11.5 Å². The van der Waals surface area contributed by atoms with Crippen LogP contribution in [-0.4, -0.2) is 33.0 Å². The normalized spacial score (nSPS) is 18.1. The highest BCUT2D eigenvalue weighted by Gasteiger charge is 2.20. The molecule has 1 heterocycles. The highest BCUT2D eigenvalue weighted by Crippen LogP contribution is 2.30. The molecule has 0 aromatic heterocycles. The summed E-state index contributed by atoms with van der Waals surface area (Å²) in [6.07, 6.45) is 0.649. The van der Waals surface area contributed by atoms with E-state index in [0.717, 1.165) is 23.0 Å². The lowest BCUT2D eigenvalue weighted by atomic mass is 10.0. The predicted molar refractivity (Wildman–Crippen MR) is 84.1 cm³/mol. The fourth-order valence-corrected chi connectivity index (χ4v) is 4.11. The van der Waals surface area contributed by atoms with Crippen LogP contribution in [0.4, 0.5) is 5.69 Å². The maximum atomic E-state index is 11.7. The van der Waals surface area contributed by atoms with Gasteiger partial charge in [0.05, 0.1) is 23.1 Å². The van der Waals surface area contributed by atoms with Crippen molar-refractivity contribution in [2.24, 2.45) is 0 Å². The number of sulfone groups is 1. The molecule has 1 fully saturated rings. The van der Waals surface area contributed by atoms with E-state index in [1.165, 1.54) is 0 Å². The van der Waals surface area contributed by atoms with Crippen LogP contribution >= 0.6 is 0 Å². The van der Waals surface area contributed by atoms with Gasteiger partial charge in [-0.1, -0.05) is 24.3 Å². The Labute approximate surface area is 124 Å². The average molecular weight is 300 g/mol. The molecule has 0 aliphatic carbocycles. The van der Waals surface area contributed by atoms with Crippen molar-refractivity contribution in [3.05, 3.63) is 42.0 Å². The maximum Gasteiger partial charge on any atom is 0.152 e. The van der Waals surface area contributed by atoms with Crippen molar-refractivity contribution in [3.8, 4) is 6.07 Å². The van der Waals surface area contributed by atoms with Gasteiger partial charge in [0.25, 0.3) is 0 Å². The van der Waals surface area contributed by atoms with Crippen molar-refractivity contribution in [2.45, 2.75) is 6.42 Å². The number of nitriles is 1. The molecule has 1 saturated heterocycles. The third-order valence-corrected chi connectivity index (χ3v) is 5.63. The second kappa shape index (κ2) is 5.38. The van der Waals surface area contributed by atoms with E-state index in [9.17, 15) is 13.7 Å². The Morgan fingerprint density at radius 3 is 2.52 bits per heavy atom. The Morgan fingerprint density at radius 1 is 1.00 bits per heavy atom. The van der Waals surface area contributed by atoms with Gasteiger partial charge in [0.2, 0.25) is 0 Å². The Bertz CT molecular complexity index is 822. The predicted octanol–water partition coefficient (Wildman–Crippen LogP) is 2.34. The molecule has 108 valence electrons. The highest BCUT2D eigenvalue weighted by molar-refractivity contribution is 7.91. The van der Waals surface area contributed by atoms with E-state index in [1.54, 1.807) is 0 Å². The molecular formula is C16H16N2O2S. The molecule has 2 aromatic rings. The SMILES string of the molecule is N#Cc1ccc(N2CCCS(=O)(=O)CC2)c2ccccc12. The van der Waals surface area contributed by atoms with Crippen molar-refractivity contribution in [2.75, 3.05) is 29.5 Å². The smallest absolute Gasteiger partial charge is 0.152 e. The molecular weight excluding hydrogens is 284 g/mol. The number of nitrogens with zero attached hydrogens (tertiary/aromatic N) is 2. The molecule has 0 amide bonds. The minimum atomic E-state index is -2.92. The number of rotatable bonds is 1. The van der Waals surface area contributed by atoms with Crippen LogP contribution in [0.25, 0.3) is 10.8 Å². The van der Waals surface area contributed by atoms with Crippen molar-refractivity contribution >= 4 is 26.3 Å². The van der Waals surface area contributed by atoms with Crippen LogP contribution in [-0.2, 0) is 9.84 Å². The molecule has 0 radical (unpaired) electrons. The Morgan fingerprint density at radius 2 is 1.76 bits per heavy atom. The van der Waals surface area contributed by atoms with Crippen molar-refractivity contribution in [1.82, 2.24) is 0 Å². The molecule has 1 aliphatic rings. The number of fused-ring (bicyclic) bond motifs is 1. The lowest BCUT2D eigenvalue weighted by Gasteiger charge is -2.24. The first kappa shape index (κ1) is 13.9. The summed E-state index contributed by atoms with van der Waals surface area (Å²) < 4.78 is 23.5. The molecule has 0 bridgehead atoms. The Kier molecular flexibility index (Phi) is 3.56. The van der Waals surface area contributed by atoms with Crippen molar-refractivity contribution in [3.63, 3.8) is 0 Å². The summed E-state index contributed by atoms with van der Waals surface area (Å²) in [5, 5.41) is 11.1. The van der Waals surface area contributed by atoms with Gasteiger partial charge in [-0.3, -0.25) is 0 Å². The quantitative estimate of drug-likeness (QED) is 0.811. The number of anilines is 1. The Balaban J connectivity index is 2.07. The topological polar surface area (TPSA) is 61.2 Å². The van der Waals surface area contributed by atoms with Crippen LogP contribution in [0.3, 0.4) is 0 Å². The van der Waals surface area contributed by atoms with Crippen molar-refractivity contribution < 1.29 is 8.42 Å². The van der Waals surface area contributed by atoms with E-state index in [2.05, 4.69) is 11.0 Å². The van der Waals surface area contributed by atoms with Gasteiger partial charge in [0.15, 0.2) is 9.84 Å². The zero-order valence-corrected chi connectivity index (χ0v) is 12.4. The molecule has 3 rings (SSSR count). The number of hydrogen-bond donors (Lipinski definition) is 0. The first-order valence-corrected chi connectivity index (χ1v) is 8.80. The summed E-state index contributed by atoms with van der Waals surface area (Å²) >= 11 is 0. The van der Waals surface area contributed by atoms with E-state index < -0.39 is 9.84 Å². The minimum Gasteiger partial charge on any atom is -0.370 e. The zero-order valence-electron chi connectivity index (χ0n) is 11.6. The van der Waals surface area contributed by atoms with Gasteiger partial charge < -0.3 is 4.90 Å². The van der Waals surface area contributed by atoms with Crippen LogP contribution in [0.15, 0.2) is 36.4 Å². The second-order valence-corrected chi connectivity index (χ2v) is 7.59. The standard InChI is InChI=1S/C16H16N2O2S/c17-12-13-6-7-16(15-5-2-1-4-14(13)15)18-8-3-10-21(19,20)11-9-18/h1-2,4-7H,3,8-11H2. The van der Waals surface area contributed by atoms with E-state index in [4.69, 9.17) is 0 Å². The summed E-state index contributed by atoms with van der Waals surface area (Å²) in [7, 11) is -2.92. The monoisotopic (exact) mass is 300 g/mol. The van der Waals surface area contributed by atoms with E-state index in [0.29, 0.717) is 18.5 Å². The molecule has 0 atom stereocenters. The summed E-state index contributed by atoms with van der Waals surface area (Å²) in [5.41, 5.74) is 1.67. The lowest BCUT2D eigenvalue weighted by molar-refractivity contribution is 0.597. The van der Waals surface area contributed by atoms with Gasteiger partial charge >= 0.3 is 0 Å². The molecule has 4 nitrogen and oxygen atoms in total. The second-order valence-electron chi connectivity index (χ2n) is 5.28. The number of hydrogen-bond acceptors (Lipinski definition) is 4. The van der Waals surface area contributed by atoms with E-state index in [1.807, 2.05) is 36.4 Å². The fourth-order valence-electron chi connectivity index (χ4n) is 2.84. The maximum absolute atomic E-state index is 11.7. The molecule has 5 heteroatoms. The first-order chi connectivity index (χ1) is 10.1. The van der Waals surface area contributed by atoms with Gasteiger partial charge in [-0.25, -0.2) is 8.42 Å². The van der Waals surface area contributed by atoms with Gasteiger partial charge in [0, 0.05) is 29.5 Å². The molecule has 0 spiro atoms. The van der Waals surface area contributed by atoms with Crippen LogP contribution in [0, 0.1) is 11.3 Å². The van der Waals surface area contributed by atoms with E-state index >= 15 is 0 Å². The minimum absolute atomic E-state index is 0.196. The summed E-state index contributed by atoms with van der Waals surface area (Å²) in [6, 6.07) is 13.7. The van der Waals surface area contributed by atoms with Crippen LogP contribution in [0.1, 0.15) is 12.0 Å². The molecule has 0 N–H and O–H groups in total.